The highest BCUT2D eigenvalue weighted by Gasteiger charge is 2.33. The molecule has 0 aliphatic carbocycles. The number of benzene rings is 2. The number of halogens is 1. The molecule has 0 aromatic heterocycles. The lowest BCUT2D eigenvalue weighted by atomic mass is 10.1. The summed E-state index contributed by atoms with van der Waals surface area (Å²) in [5.41, 5.74) is 0. The van der Waals surface area contributed by atoms with Gasteiger partial charge in [0.25, 0.3) is 5.91 Å². The number of carbonyl (C=O) groups is 4. The van der Waals surface area contributed by atoms with E-state index in [-0.39, 0.29) is 49.6 Å². The van der Waals surface area contributed by atoms with Crippen LogP contribution in [0.3, 0.4) is 0 Å². The van der Waals surface area contributed by atoms with Crippen LogP contribution in [0.15, 0.2) is 40.9 Å². The molecule has 0 saturated carbocycles. The molecular weight excluding hydrogens is 466 g/mol. The number of hydrogen-bond donors (Lipinski definition) is 0. The van der Waals surface area contributed by atoms with E-state index in [0.29, 0.717) is 31.9 Å². The van der Waals surface area contributed by atoms with Crippen LogP contribution in [0.1, 0.15) is 12.8 Å². The van der Waals surface area contributed by atoms with E-state index < -0.39 is 0 Å². The zero-order valence-corrected chi connectivity index (χ0v) is 18.5. The monoisotopic (exact) mass is 487 g/mol. The van der Waals surface area contributed by atoms with Gasteiger partial charge in [-0.1, -0.05) is 30.3 Å². The molecule has 2 aliphatic rings. The number of piperazine rings is 1. The molecule has 4 rings (SSSR count). The van der Waals surface area contributed by atoms with Crippen molar-refractivity contribution in [2.45, 2.75) is 12.8 Å². The molecule has 4 amide bonds. The first-order chi connectivity index (χ1) is 14.9. The van der Waals surface area contributed by atoms with E-state index in [4.69, 9.17) is 4.74 Å². The van der Waals surface area contributed by atoms with Gasteiger partial charge in [0.05, 0.1) is 4.47 Å². The van der Waals surface area contributed by atoms with Crippen LogP contribution in [0.5, 0.6) is 5.75 Å². The maximum atomic E-state index is 12.6. The Morgan fingerprint density at radius 3 is 2.16 bits per heavy atom. The van der Waals surface area contributed by atoms with Crippen LogP contribution in [-0.2, 0) is 19.2 Å². The van der Waals surface area contributed by atoms with Crippen molar-refractivity contribution >= 4 is 50.3 Å². The first-order valence-corrected chi connectivity index (χ1v) is 10.9. The predicted octanol–water partition coefficient (Wildman–Crippen LogP) is 1.80. The summed E-state index contributed by atoms with van der Waals surface area (Å²) < 4.78 is 6.55. The summed E-state index contributed by atoms with van der Waals surface area (Å²) in [6.07, 6.45) is 0.337. The van der Waals surface area contributed by atoms with E-state index >= 15 is 0 Å². The molecule has 0 atom stereocenters. The van der Waals surface area contributed by atoms with Crippen molar-refractivity contribution in [3.05, 3.63) is 40.9 Å². The van der Waals surface area contributed by atoms with Crippen LogP contribution in [-0.4, -0.2) is 77.7 Å². The van der Waals surface area contributed by atoms with Gasteiger partial charge in [0.1, 0.15) is 12.3 Å². The molecule has 8 nitrogen and oxygen atoms in total. The van der Waals surface area contributed by atoms with Gasteiger partial charge in [-0.05, 0) is 32.8 Å². The molecule has 162 valence electrons. The first-order valence-electron chi connectivity index (χ1n) is 10.1. The minimum atomic E-state index is -0.302. The summed E-state index contributed by atoms with van der Waals surface area (Å²) in [6, 6.07) is 11.7. The molecule has 9 heteroatoms. The summed E-state index contributed by atoms with van der Waals surface area (Å²) in [5.74, 6) is -0.432. The van der Waals surface area contributed by atoms with Crippen molar-refractivity contribution in [1.82, 2.24) is 14.7 Å². The third-order valence-electron chi connectivity index (χ3n) is 5.61. The number of nitrogens with zero attached hydrogens (tertiary/aromatic N) is 3. The fourth-order valence-corrected chi connectivity index (χ4v) is 4.40. The van der Waals surface area contributed by atoms with Gasteiger partial charge in [-0.15, -0.1) is 0 Å². The molecular formula is C22H22BrN3O5. The summed E-state index contributed by atoms with van der Waals surface area (Å²) >= 11 is 3.55. The summed E-state index contributed by atoms with van der Waals surface area (Å²) in [4.78, 5) is 52.7. The van der Waals surface area contributed by atoms with E-state index in [2.05, 4.69) is 15.9 Å². The molecule has 2 heterocycles. The van der Waals surface area contributed by atoms with Crippen LogP contribution in [0.25, 0.3) is 10.8 Å². The van der Waals surface area contributed by atoms with Gasteiger partial charge >= 0.3 is 0 Å². The van der Waals surface area contributed by atoms with Gasteiger partial charge in [-0.2, -0.15) is 0 Å². The minimum Gasteiger partial charge on any atom is -0.483 e. The number of fused-ring (bicyclic) bond motifs is 1. The van der Waals surface area contributed by atoms with E-state index in [1.165, 1.54) is 0 Å². The smallest absolute Gasteiger partial charge is 0.260 e. The Morgan fingerprint density at radius 2 is 1.48 bits per heavy atom. The molecule has 2 aromatic rings. The van der Waals surface area contributed by atoms with Gasteiger partial charge in [0.2, 0.25) is 17.7 Å². The van der Waals surface area contributed by atoms with Crippen LogP contribution in [0, 0.1) is 0 Å². The van der Waals surface area contributed by atoms with Crippen molar-refractivity contribution in [1.29, 1.82) is 0 Å². The Morgan fingerprint density at radius 1 is 0.871 bits per heavy atom. The van der Waals surface area contributed by atoms with Crippen molar-refractivity contribution in [2.75, 3.05) is 39.3 Å². The van der Waals surface area contributed by atoms with Gasteiger partial charge in [-0.3, -0.25) is 24.1 Å². The van der Waals surface area contributed by atoms with Crippen molar-refractivity contribution < 1.29 is 23.9 Å². The van der Waals surface area contributed by atoms with Gasteiger partial charge < -0.3 is 14.5 Å². The average Bonchev–Trinajstić information content (AvgIpc) is 3.10. The lowest BCUT2D eigenvalue weighted by Gasteiger charge is -2.35. The second-order valence-corrected chi connectivity index (χ2v) is 8.32. The molecule has 2 saturated heterocycles. The van der Waals surface area contributed by atoms with E-state index in [1.54, 1.807) is 9.80 Å². The quantitative estimate of drug-likeness (QED) is 0.600. The van der Waals surface area contributed by atoms with Gasteiger partial charge in [0, 0.05) is 39.0 Å². The molecule has 2 aliphatic heterocycles. The number of ether oxygens (including phenoxy) is 1. The zero-order chi connectivity index (χ0) is 22.0. The fraction of sp³-hybridized carbons (Fsp3) is 0.364. The number of imide groups is 1. The second kappa shape index (κ2) is 9.05. The summed E-state index contributed by atoms with van der Waals surface area (Å²) in [7, 11) is 0. The largest absolute Gasteiger partial charge is 0.483 e. The van der Waals surface area contributed by atoms with Crippen LogP contribution >= 0.6 is 15.9 Å². The van der Waals surface area contributed by atoms with Crippen LogP contribution in [0.2, 0.25) is 0 Å². The predicted molar refractivity (Wildman–Crippen MR) is 116 cm³/mol. The number of carbonyl (C=O) groups excluding carboxylic acids is 4. The average molecular weight is 488 g/mol. The fourth-order valence-electron chi connectivity index (χ4n) is 3.80. The lowest BCUT2D eigenvalue weighted by Crippen LogP contribution is -2.53. The van der Waals surface area contributed by atoms with Gasteiger partial charge in [0.15, 0.2) is 6.61 Å². The Hall–Kier alpha value is -2.94. The number of likely N-dealkylation sites (tertiary alicyclic amines) is 1. The first kappa shape index (κ1) is 21.3. The number of hydrogen-bond acceptors (Lipinski definition) is 5. The van der Waals surface area contributed by atoms with E-state index in [1.807, 2.05) is 36.4 Å². The standard InChI is InChI=1S/C22H22BrN3O5/c23-22-16-4-2-1-3-15(16)5-6-17(22)31-14-21(30)25-11-9-24(10-12-25)20(29)13-26-18(27)7-8-19(26)28/h1-6H,7-14H2. The van der Waals surface area contributed by atoms with Crippen LogP contribution < -0.4 is 4.74 Å². The SMILES string of the molecule is O=C(COc1ccc2ccccc2c1Br)N1CCN(C(=O)CN2C(=O)CCC2=O)CC1. The third-order valence-corrected chi connectivity index (χ3v) is 6.43. The topological polar surface area (TPSA) is 87.2 Å². The van der Waals surface area contributed by atoms with Crippen molar-refractivity contribution in [2.24, 2.45) is 0 Å². The molecule has 31 heavy (non-hydrogen) atoms. The molecule has 0 bridgehead atoms. The minimum absolute atomic E-state index is 0.0956. The Labute approximate surface area is 187 Å². The summed E-state index contributed by atoms with van der Waals surface area (Å²) in [5, 5.41) is 2.08. The zero-order valence-electron chi connectivity index (χ0n) is 16.9. The Balaban J connectivity index is 1.28. The maximum absolute atomic E-state index is 12.6. The van der Waals surface area contributed by atoms with Crippen molar-refractivity contribution in [3.63, 3.8) is 0 Å². The third kappa shape index (κ3) is 4.56. The molecule has 0 spiro atoms. The van der Waals surface area contributed by atoms with Crippen molar-refractivity contribution in [3.8, 4) is 5.75 Å². The molecule has 2 fully saturated rings. The maximum Gasteiger partial charge on any atom is 0.260 e. The Bertz CT molecular complexity index is 1030. The lowest BCUT2D eigenvalue weighted by molar-refractivity contribution is -0.147. The molecule has 0 unspecified atom stereocenters. The molecule has 0 N–H and O–H groups in total. The highest BCUT2D eigenvalue weighted by molar-refractivity contribution is 9.10. The number of amides is 4. The Kier molecular flexibility index (Phi) is 6.22. The highest BCUT2D eigenvalue weighted by atomic mass is 79.9. The second-order valence-electron chi connectivity index (χ2n) is 7.52. The molecule has 0 radical (unpaired) electrons. The van der Waals surface area contributed by atoms with E-state index in [0.717, 1.165) is 20.1 Å². The molecule has 2 aromatic carbocycles. The van der Waals surface area contributed by atoms with E-state index in [9.17, 15) is 19.2 Å². The van der Waals surface area contributed by atoms with Crippen LogP contribution in [0.4, 0.5) is 0 Å². The van der Waals surface area contributed by atoms with Gasteiger partial charge in [-0.25, -0.2) is 0 Å². The summed E-state index contributed by atoms with van der Waals surface area (Å²) in [6.45, 7) is 1.18. The highest BCUT2D eigenvalue weighted by Crippen LogP contribution is 2.33. The number of rotatable bonds is 5. The normalized spacial score (nSPS) is 16.9.